The molecule has 0 atom stereocenters. The van der Waals surface area contributed by atoms with Crippen LogP contribution in [0, 0.1) is 0 Å². The van der Waals surface area contributed by atoms with E-state index in [9.17, 15) is 4.79 Å². The normalized spacial score (nSPS) is 10.9. The van der Waals surface area contributed by atoms with Crippen molar-refractivity contribution in [1.29, 1.82) is 0 Å². The predicted octanol–water partition coefficient (Wildman–Crippen LogP) is 0.459. The number of hydrogen-bond donors (Lipinski definition) is 3. The van der Waals surface area contributed by atoms with Crippen molar-refractivity contribution in [3.63, 3.8) is 0 Å². The molecule has 0 saturated heterocycles. The van der Waals surface area contributed by atoms with Crippen LogP contribution in [-0.4, -0.2) is 42.2 Å². The predicted molar refractivity (Wildman–Crippen MR) is 76.1 cm³/mol. The molecule has 0 fully saturated rings. The van der Waals surface area contributed by atoms with Crippen LogP contribution in [0.3, 0.4) is 0 Å². The van der Waals surface area contributed by atoms with E-state index in [4.69, 9.17) is 5.73 Å². The lowest BCUT2D eigenvalue weighted by molar-refractivity contribution is 0.100. The highest BCUT2D eigenvalue weighted by Gasteiger charge is 2.14. The van der Waals surface area contributed by atoms with E-state index in [1.807, 2.05) is 6.92 Å². The lowest BCUT2D eigenvalue weighted by Crippen LogP contribution is -2.10. The van der Waals surface area contributed by atoms with Crippen LogP contribution >= 0.6 is 0 Å². The molecule has 1 amide bonds. The van der Waals surface area contributed by atoms with Crippen molar-refractivity contribution in [2.75, 3.05) is 11.9 Å². The zero-order valence-corrected chi connectivity index (χ0v) is 11.4. The molecule has 9 heteroatoms. The topological polar surface area (TPSA) is 127 Å². The lowest BCUT2D eigenvalue weighted by Gasteiger charge is -2.06. The van der Waals surface area contributed by atoms with Gasteiger partial charge in [-0.25, -0.2) is 9.67 Å². The van der Waals surface area contributed by atoms with E-state index in [-0.39, 0.29) is 0 Å². The van der Waals surface area contributed by atoms with E-state index in [1.54, 1.807) is 0 Å². The second-order valence-corrected chi connectivity index (χ2v) is 4.44. The number of rotatable bonds is 5. The average Bonchev–Trinajstić information content (AvgIpc) is 3.12. The Morgan fingerprint density at radius 2 is 2.33 bits per heavy atom. The van der Waals surface area contributed by atoms with E-state index < -0.39 is 5.91 Å². The minimum absolute atomic E-state index is 0.310. The summed E-state index contributed by atoms with van der Waals surface area (Å²) in [4.78, 5) is 27.0. The number of hydrogen-bond acceptors (Lipinski definition) is 6. The zero-order valence-electron chi connectivity index (χ0n) is 11.4. The van der Waals surface area contributed by atoms with E-state index in [0.717, 1.165) is 13.0 Å². The summed E-state index contributed by atoms with van der Waals surface area (Å²) >= 11 is 0. The molecule has 3 rings (SSSR count). The van der Waals surface area contributed by atoms with Gasteiger partial charge in [0.1, 0.15) is 5.52 Å². The Hall–Kier alpha value is -2.97. The Bertz CT molecular complexity index is 790. The number of anilines is 1. The third-order valence-electron chi connectivity index (χ3n) is 2.88. The molecular weight excluding hydrogens is 272 g/mol. The number of amides is 1. The van der Waals surface area contributed by atoms with Crippen LogP contribution in [0.1, 0.15) is 23.7 Å². The van der Waals surface area contributed by atoms with Gasteiger partial charge >= 0.3 is 0 Å². The van der Waals surface area contributed by atoms with Crippen molar-refractivity contribution in [2.24, 2.45) is 5.73 Å². The van der Waals surface area contributed by atoms with Gasteiger partial charge in [0, 0.05) is 12.7 Å². The quantitative estimate of drug-likeness (QED) is 0.625. The Kier molecular flexibility index (Phi) is 3.22. The summed E-state index contributed by atoms with van der Waals surface area (Å²) in [7, 11) is 0. The first kappa shape index (κ1) is 13.0. The first-order valence-corrected chi connectivity index (χ1v) is 6.49. The number of aromatic amines is 1. The molecule has 0 aromatic carbocycles. The number of nitrogens with two attached hydrogens (primary N) is 1. The molecule has 3 heterocycles. The number of fused-ring (bicyclic) bond motifs is 1. The van der Waals surface area contributed by atoms with Crippen molar-refractivity contribution < 1.29 is 4.79 Å². The number of H-pyrrole nitrogens is 1. The lowest BCUT2D eigenvalue weighted by atomic mass is 10.3. The number of aromatic nitrogens is 6. The van der Waals surface area contributed by atoms with Crippen molar-refractivity contribution in [3.05, 3.63) is 24.3 Å². The second-order valence-electron chi connectivity index (χ2n) is 4.44. The fourth-order valence-corrected chi connectivity index (χ4v) is 1.87. The molecule has 21 heavy (non-hydrogen) atoms. The maximum atomic E-state index is 11.2. The van der Waals surface area contributed by atoms with E-state index in [1.165, 1.54) is 23.4 Å². The molecule has 0 unspecified atom stereocenters. The molecule has 9 nitrogen and oxygen atoms in total. The molecule has 0 aliphatic rings. The van der Waals surface area contributed by atoms with Gasteiger partial charge in [-0.05, 0) is 6.42 Å². The molecule has 0 saturated carbocycles. The minimum atomic E-state index is -0.541. The summed E-state index contributed by atoms with van der Waals surface area (Å²) in [6.07, 6.45) is 5.40. The maximum absolute atomic E-state index is 11.2. The third kappa shape index (κ3) is 2.40. The highest BCUT2D eigenvalue weighted by atomic mass is 16.1. The standard InChI is InChI=1S/C12H14N8O/c1-2-3-14-12-18-10-8(15-6-16-10)11(19-12)20-5-7(4-17-20)9(13)21/h4-6H,2-3H2,1H3,(H2,13,21)(H2,14,15,16,18,19). The van der Waals surface area contributed by atoms with Crippen LogP contribution in [0.2, 0.25) is 0 Å². The highest BCUT2D eigenvalue weighted by Crippen LogP contribution is 2.17. The summed E-state index contributed by atoms with van der Waals surface area (Å²) in [6, 6.07) is 0. The van der Waals surface area contributed by atoms with Gasteiger partial charge in [0.25, 0.3) is 5.91 Å². The van der Waals surface area contributed by atoms with Crippen LogP contribution in [-0.2, 0) is 0 Å². The van der Waals surface area contributed by atoms with Crippen LogP contribution in [0.15, 0.2) is 18.7 Å². The third-order valence-corrected chi connectivity index (χ3v) is 2.88. The van der Waals surface area contributed by atoms with Gasteiger partial charge in [0.2, 0.25) is 5.95 Å². The van der Waals surface area contributed by atoms with E-state index in [0.29, 0.717) is 28.5 Å². The molecule has 0 radical (unpaired) electrons. The smallest absolute Gasteiger partial charge is 0.251 e. The van der Waals surface area contributed by atoms with Crippen LogP contribution in [0.4, 0.5) is 5.95 Å². The van der Waals surface area contributed by atoms with Crippen molar-refractivity contribution >= 4 is 23.0 Å². The van der Waals surface area contributed by atoms with Crippen molar-refractivity contribution in [1.82, 2.24) is 29.7 Å². The molecule has 0 aliphatic carbocycles. The fraction of sp³-hybridized carbons (Fsp3) is 0.250. The van der Waals surface area contributed by atoms with Gasteiger partial charge in [-0.15, -0.1) is 0 Å². The number of nitrogens with one attached hydrogen (secondary N) is 2. The van der Waals surface area contributed by atoms with Crippen LogP contribution < -0.4 is 11.1 Å². The second kappa shape index (κ2) is 5.19. The number of primary amides is 1. The molecule has 4 N–H and O–H groups in total. The summed E-state index contributed by atoms with van der Waals surface area (Å²) in [5.41, 5.74) is 6.70. The number of carbonyl (C=O) groups is 1. The molecule has 0 bridgehead atoms. The van der Waals surface area contributed by atoms with Gasteiger partial charge in [-0.2, -0.15) is 15.1 Å². The molecule has 108 valence electrons. The number of carbonyl (C=O) groups excluding carboxylic acids is 1. The summed E-state index contributed by atoms with van der Waals surface area (Å²) in [5.74, 6) is 0.423. The molecular formula is C12H14N8O. The van der Waals surface area contributed by atoms with Gasteiger partial charge in [-0.1, -0.05) is 6.92 Å². The molecule has 0 spiro atoms. The van der Waals surface area contributed by atoms with Crippen LogP contribution in [0.5, 0.6) is 0 Å². The summed E-state index contributed by atoms with van der Waals surface area (Å²) in [5, 5.41) is 7.22. The van der Waals surface area contributed by atoms with Gasteiger partial charge < -0.3 is 16.0 Å². The van der Waals surface area contributed by atoms with E-state index >= 15 is 0 Å². The molecule has 0 aliphatic heterocycles. The maximum Gasteiger partial charge on any atom is 0.251 e. The Morgan fingerprint density at radius 3 is 3.05 bits per heavy atom. The van der Waals surface area contributed by atoms with Crippen LogP contribution in [0.25, 0.3) is 17.0 Å². The Balaban J connectivity index is 2.10. The SMILES string of the molecule is CCCNc1nc(-n2cc(C(N)=O)cn2)c2[nH]cnc2n1. The Morgan fingerprint density at radius 1 is 1.48 bits per heavy atom. The van der Waals surface area contributed by atoms with Crippen molar-refractivity contribution in [3.8, 4) is 5.82 Å². The van der Waals surface area contributed by atoms with E-state index in [2.05, 4.69) is 30.4 Å². The van der Waals surface area contributed by atoms with Crippen molar-refractivity contribution in [2.45, 2.75) is 13.3 Å². The number of imidazole rings is 1. The largest absolute Gasteiger partial charge is 0.366 e. The summed E-state index contributed by atoms with van der Waals surface area (Å²) < 4.78 is 1.47. The molecule has 3 aromatic heterocycles. The van der Waals surface area contributed by atoms with Gasteiger partial charge in [0.05, 0.1) is 18.1 Å². The average molecular weight is 286 g/mol. The highest BCUT2D eigenvalue weighted by molar-refractivity contribution is 5.92. The Labute approximate surface area is 119 Å². The monoisotopic (exact) mass is 286 g/mol. The fourth-order valence-electron chi connectivity index (χ4n) is 1.87. The number of nitrogens with zero attached hydrogens (tertiary/aromatic N) is 5. The zero-order chi connectivity index (χ0) is 14.8. The van der Waals surface area contributed by atoms with Gasteiger partial charge in [-0.3, -0.25) is 4.79 Å². The first-order chi connectivity index (χ1) is 10.2. The minimum Gasteiger partial charge on any atom is -0.366 e. The molecule has 3 aromatic rings. The summed E-state index contributed by atoms with van der Waals surface area (Å²) in [6.45, 7) is 2.80. The first-order valence-electron chi connectivity index (χ1n) is 6.49. The van der Waals surface area contributed by atoms with Gasteiger partial charge in [0.15, 0.2) is 11.5 Å².